The van der Waals surface area contributed by atoms with Crippen molar-refractivity contribution in [2.45, 2.75) is 24.2 Å². The van der Waals surface area contributed by atoms with Crippen LogP contribution in [-0.2, 0) is 0 Å². The number of nitrogens with zero attached hydrogens (tertiary/aromatic N) is 3. The molecule has 2 unspecified atom stereocenters. The van der Waals surface area contributed by atoms with Gasteiger partial charge in [0.05, 0.1) is 5.70 Å². The zero-order chi connectivity index (χ0) is 23.4. The molecule has 2 aliphatic rings. The predicted octanol–water partition coefficient (Wildman–Crippen LogP) is 6.66. The molecule has 0 saturated carbocycles. The fourth-order valence-corrected chi connectivity index (χ4v) is 5.10. The van der Waals surface area contributed by atoms with Crippen molar-refractivity contribution in [3.05, 3.63) is 105 Å². The van der Waals surface area contributed by atoms with Gasteiger partial charge >= 0.3 is 0 Å². The molecule has 8 heteroatoms. The van der Waals surface area contributed by atoms with E-state index in [1.807, 2.05) is 49.6 Å². The zero-order valence-electron chi connectivity index (χ0n) is 18.4. The molecule has 3 heterocycles. The lowest BCUT2D eigenvalue weighted by molar-refractivity contribution is 0.222. The number of thioether (sulfide) groups is 1. The molecule has 0 radical (unpaired) electrons. The summed E-state index contributed by atoms with van der Waals surface area (Å²) in [6.45, 7) is 2.05. The van der Waals surface area contributed by atoms with Gasteiger partial charge in [0, 0.05) is 21.7 Å². The molecule has 1 N–H and O–H groups in total. The summed E-state index contributed by atoms with van der Waals surface area (Å²) in [4.78, 5) is 4.64. The number of aryl methyl sites for hydroxylation is 1. The number of hydrogen-bond acceptors (Lipinski definition) is 5. The van der Waals surface area contributed by atoms with E-state index in [-0.39, 0.29) is 5.82 Å². The van der Waals surface area contributed by atoms with E-state index >= 15 is 4.39 Å². The zero-order valence-corrected chi connectivity index (χ0v) is 20.0. The molecular weight excluding hydrogens is 471 g/mol. The topological polar surface area (TPSA) is 52.0 Å². The van der Waals surface area contributed by atoms with Gasteiger partial charge in [0.15, 0.2) is 0 Å². The maximum atomic E-state index is 15.3. The number of nitrogens with one attached hydrogen (secondary N) is 1. The molecule has 2 atom stereocenters. The van der Waals surface area contributed by atoms with E-state index in [4.69, 9.17) is 21.4 Å². The number of aromatic nitrogens is 3. The van der Waals surface area contributed by atoms with Crippen LogP contribution in [0.1, 0.15) is 34.4 Å². The Morgan fingerprint density at radius 2 is 1.88 bits per heavy atom. The van der Waals surface area contributed by atoms with E-state index in [9.17, 15) is 0 Å². The van der Waals surface area contributed by atoms with Crippen LogP contribution in [0, 0.1) is 12.7 Å². The maximum Gasteiger partial charge on any atom is 0.227 e. The second kappa shape index (κ2) is 8.18. The van der Waals surface area contributed by atoms with Gasteiger partial charge in [0.25, 0.3) is 0 Å². The minimum absolute atomic E-state index is 0.312. The predicted molar refractivity (Wildman–Crippen MR) is 133 cm³/mol. The lowest BCUT2D eigenvalue weighted by atomic mass is 9.84. The summed E-state index contributed by atoms with van der Waals surface area (Å²) in [5.41, 5.74) is 5.10. The fourth-order valence-electron chi connectivity index (χ4n) is 4.58. The van der Waals surface area contributed by atoms with E-state index in [1.165, 1.54) is 17.8 Å². The molecule has 0 bridgehead atoms. The van der Waals surface area contributed by atoms with Gasteiger partial charge in [-0.15, -0.1) is 5.10 Å². The van der Waals surface area contributed by atoms with Crippen molar-refractivity contribution in [1.82, 2.24) is 14.8 Å². The third-order valence-electron chi connectivity index (χ3n) is 6.18. The van der Waals surface area contributed by atoms with Crippen molar-refractivity contribution >= 4 is 35.0 Å². The summed E-state index contributed by atoms with van der Waals surface area (Å²) in [6, 6.07) is 20.0. The highest BCUT2D eigenvalue weighted by Gasteiger charge is 2.42. The van der Waals surface area contributed by atoms with Crippen LogP contribution in [0.15, 0.2) is 77.5 Å². The molecule has 0 saturated heterocycles. The van der Waals surface area contributed by atoms with Crippen LogP contribution in [0.4, 0.5) is 10.3 Å². The van der Waals surface area contributed by atoms with Gasteiger partial charge in [-0.1, -0.05) is 71.4 Å². The van der Waals surface area contributed by atoms with E-state index < -0.39 is 12.1 Å². The molecule has 3 aromatic carbocycles. The van der Waals surface area contributed by atoms with Crippen LogP contribution in [0.3, 0.4) is 0 Å². The lowest BCUT2D eigenvalue weighted by Crippen LogP contribution is -2.32. The Morgan fingerprint density at radius 1 is 1.09 bits per heavy atom. The van der Waals surface area contributed by atoms with Gasteiger partial charge in [0.1, 0.15) is 23.7 Å². The normalized spacial score (nSPS) is 18.5. The van der Waals surface area contributed by atoms with Crippen LogP contribution in [0.25, 0.3) is 5.70 Å². The monoisotopic (exact) mass is 490 g/mol. The second-order valence-electron chi connectivity index (χ2n) is 8.30. The van der Waals surface area contributed by atoms with Crippen LogP contribution in [0.5, 0.6) is 5.75 Å². The van der Waals surface area contributed by atoms with Crippen LogP contribution in [0.2, 0.25) is 5.02 Å². The van der Waals surface area contributed by atoms with Crippen LogP contribution in [-0.4, -0.2) is 21.0 Å². The molecule has 4 aromatic rings. The van der Waals surface area contributed by atoms with Gasteiger partial charge < -0.3 is 10.1 Å². The summed E-state index contributed by atoms with van der Waals surface area (Å²) in [5.74, 6) is 0.936. The maximum absolute atomic E-state index is 15.3. The summed E-state index contributed by atoms with van der Waals surface area (Å²) in [5, 5.41) is 9.35. The highest BCUT2D eigenvalue weighted by Crippen LogP contribution is 2.51. The van der Waals surface area contributed by atoms with Gasteiger partial charge in [-0.3, -0.25) is 0 Å². The molecule has 0 aliphatic carbocycles. The fraction of sp³-hybridized carbons (Fsp3) is 0.154. The molecule has 34 heavy (non-hydrogen) atoms. The Hall–Kier alpha value is -3.29. The van der Waals surface area contributed by atoms with Gasteiger partial charge in [-0.25, -0.2) is 9.07 Å². The summed E-state index contributed by atoms with van der Waals surface area (Å²) in [7, 11) is 0. The Morgan fingerprint density at radius 3 is 2.65 bits per heavy atom. The molecule has 2 aliphatic heterocycles. The van der Waals surface area contributed by atoms with Crippen molar-refractivity contribution in [2.75, 3.05) is 11.6 Å². The number of hydrogen-bond donors (Lipinski definition) is 1. The SMILES string of the molecule is CSc1nc2n(n1)C(c1ccccc1F)C1=C(N2)c2cc(Cl)ccc2OC1c1ccc(C)cc1. The quantitative estimate of drug-likeness (QED) is 0.325. The Labute approximate surface area is 205 Å². The number of rotatable bonds is 3. The number of halogens is 2. The Bertz CT molecular complexity index is 1450. The molecule has 170 valence electrons. The molecular formula is C26H20ClFN4OS. The van der Waals surface area contributed by atoms with Gasteiger partial charge in [0.2, 0.25) is 11.1 Å². The van der Waals surface area contributed by atoms with Crippen LogP contribution < -0.4 is 10.1 Å². The standard InChI is InChI=1S/C26H20ClFN4OS/c1-14-7-9-15(10-8-14)24-21-22(18-13-16(27)11-12-20(18)33-24)29-25-30-26(34-2)31-32(25)23(21)17-5-3-4-6-19(17)28/h3-13,23-24H,1-2H3,(H,29,30,31). The summed E-state index contributed by atoms with van der Waals surface area (Å²) >= 11 is 7.82. The Balaban J connectivity index is 1.66. The average Bonchev–Trinajstić information content (AvgIpc) is 3.26. The molecule has 5 nitrogen and oxygen atoms in total. The lowest BCUT2D eigenvalue weighted by Gasteiger charge is -2.39. The smallest absolute Gasteiger partial charge is 0.227 e. The van der Waals surface area contributed by atoms with E-state index in [0.717, 1.165) is 28.0 Å². The van der Waals surface area contributed by atoms with E-state index in [0.29, 0.717) is 27.4 Å². The minimum Gasteiger partial charge on any atom is -0.480 e. The Kier molecular flexibility index (Phi) is 5.12. The molecule has 0 amide bonds. The second-order valence-corrected chi connectivity index (χ2v) is 9.50. The molecule has 6 rings (SSSR count). The van der Waals surface area contributed by atoms with Crippen molar-refractivity contribution in [2.24, 2.45) is 0 Å². The van der Waals surface area contributed by atoms with Gasteiger partial charge in [-0.2, -0.15) is 4.98 Å². The van der Waals surface area contributed by atoms with Crippen molar-refractivity contribution in [3.8, 4) is 5.75 Å². The van der Waals surface area contributed by atoms with Crippen molar-refractivity contribution < 1.29 is 9.13 Å². The first kappa shape index (κ1) is 21.3. The molecule has 1 aromatic heterocycles. The van der Waals surface area contributed by atoms with Crippen LogP contribution >= 0.6 is 23.4 Å². The number of anilines is 1. The van der Waals surface area contributed by atoms with Crippen molar-refractivity contribution in [3.63, 3.8) is 0 Å². The van der Waals surface area contributed by atoms with Gasteiger partial charge in [-0.05, 0) is 43.0 Å². The number of fused-ring (bicyclic) bond motifs is 3. The van der Waals surface area contributed by atoms with Crippen molar-refractivity contribution in [1.29, 1.82) is 0 Å². The third-order valence-corrected chi connectivity index (χ3v) is 6.95. The van der Waals surface area contributed by atoms with E-state index in [2.05, 4.69) is 22.4 Å². The minimum atomic E-state index is -0.556. The number of benzene rings is 3. The molecule has 0 spiro atoms. The third kappa shape index (κ3) is 3.38. The summed E-state index contributed by atoms with van der Waals surface area (Å²) in [6.07, 6.45) is 1.46. The highest BCUT2D eigenvalue weighted by molar-refractivity contribution is 7.98. The average molecular weight is 491 g/mol. The summed E-state index contributed by atoms with van der Waals surface area (Å²) < 4.78 is 23.6. The number of ether oxygens (including phenoxy) is 1. The van der Waals surface area contributed by atoms with E-state index in [1.54, 1.807) is 16.8 Å². The molecule has 0 fully saturated rings. The first-order chi connectivity index (χ1) is 16.5. The first-order valence-electron chi connectivity index (χ1n) is 10.8. The largest absolute Gasteiger partial charge is 0.480 e. The first-order valence-corrected chi connectivity index (χ1v) is 12.4. The highest BCUT2D eigenvalue weighted by atomic mass is 35.5.